The number of aliphatic hydroxyl groups is 1. The highest BCUT2D eigenvalue weighted by molar-refractivity contribution is 5.65. The van der Waals surface area contributed by atoms with Crippen molar-refractivity contribution in [3.8, 4) is 0 Å². The van der Waals surface area contributed by atoms with Gasteiger partial charge in [-0.25, -0.2) is 0 Å². The summed E-state index contributed by atoms with van der Waals surface area (Å²) in [6, 6.07) is 0. The van der Waals surface area contributed by atoms with Gasteiger partial charge < -0.3 is 9.84 Å². The number of aliphatic hydroxyl groups excluding tert-OH is 1. The monoisotopic (exact) mass is 215 g/mol. The molecule has 1 rings (SSSR count). The Kier molecular flexibility index (Phi) is 4.54. The fraction of sp³-hybridized carbons (Fsp3) is 0.909. The lowest BCUT2D eigenvalue weighted by Crippen LogP contribution is -2.38. The highest BCUT2D eigenvalue weighted by Gasteiger charge is 2.35. The predicted octanol–water partition coefficient (Wildman–Crippen LogP) is 0.991. The summed E-state index contributed by atoms with van der Waals surface area (Å²) in [4.78, 5) is 12.7. The van der Waals surface area contributed by atoms with Crippen molar-refractivity contribution in [1.82, 2.24) is 4.90 Å². The maximum Gasteiger partial charge on any atom is 0.302 e. The Morgan fingerprint density at radius 2 is 2.07 bits per heavy atom. The molecule has 1 aliphatic carbocycles. The lowest BCUT2D eigenvalue weighted by atomic mass is 9.86. The van der Waals surface area contributed by atoms with Crippen LogP contribution >= 0.6 is 0 Å². The molecule has 4 nitrogen and oxygen atoms in total. The van der Waals surface area contributed by atoms with E-state index in [9.17, 15) is 4.79 Å². The molecule has 0 radical (unpaired) electrons. The highest BCUT2D eigenvalue weighted by atomic mass is 16.5. The van der Waals surface area contributed by atoms with E-state index in [1.807, 2.05) is 11.9 Å². The van der Waals surface area contributed by atoms with Crippen molar-refractivity contribution in [1.29, 1.82) is 0 Å². The van der Waals surface area contributed by atoms with E-state index >= 15 is 0 Å². The summed E-state index contributed by atoms with van der Waals surface area (Å²) in [5, 5.41) is 9.01. The van der Waals surface area contributed by atoms with Crippen molar-refractivity contribution in [2.45, 2.75) is 32.6 Å². The summed E-state index contributed by atoms with van der Waals surface area (Å²) in [7, 11) is 1.88. The third-order valence-corrected chi connectivity index (χ3v) is 3.09. The summed E-state index contributed by atoms with van der Waals surface area (Å²) in [6.45, 7) is 2.80. The Labute approximate surface area is 91.2 Å². The molecule has 1 aliphatic rings. The van der Waals surface area contributed by atoms with Crippen LogP contribution in [-0.4, -0.2) is 42.9 Å². The van der Waals surface area contributed by atoms with E-state index in [-0.39, 0.29) is 18.1 Å². The number of rotatable bonds is 5. The minimum Gasteiger partial charge on any atom is -0.465 e. The maximum atomic E-state index is 10.8. The fourth-order valence-corrected chi connectivity index (χ4v) is 2.35. The van der Waals surface area contributed by atoms with Gasteiger partial charge in [0.1, 0.15) is 0 Å². The Bertz CT molecular complexity index is 212. The van der Waals surface area contributed by atoms with E-state index in [0.717, 1.165) is 19.4 Å². The quantitative estimate of drug-likeness (QED) is 0.549. The molecule has 0 spiro atoms. The maximum absolute atomic E-state index is 10.8. The Morgan fingerprint density at radius 3 is 2.53 bits per heavy atom. The van der Waals surface area contributed by atoms with Crippen LogP contribution in [0.25, 0.3) is 0 Å². The van der Waals surface area contributed by atoms with E-state index in [2.05, 4.69) is 0 Å². The van der Waals surface area contributed by atoms with E-state index < -0.39 is 0 Å². The van der Waals surface area contributed by atoms with E-state index in [4.69, 9.17) is 9.84 Å². The zero-order valence-corrected chi connectivity index (χ0v) is 9.66. The summed E-state index contributed by atoms with van der Waals surface area (Å²) >= 11 is 0. The van der Waals surface area contributed by atoms with Crippen LogP contribution in [0, 0.1) is 5.41 Å². The van der Waals surface area contributed by atoms with Gasteiger partial charge in [0.25, 0.3) is 0 Å². The van der Waals surface area contributed by atoms with Gasteiger partial charge in [-0.15, -0.1) is 0 Å². The van der Waals surface area contributed by atoms with Gasteiger partial charge in [0.05, 0.1) is 13.3 Å². The third kappa shape index (κ3) is 3.80. The first-order valence-corrected chi connectivity index (χ1v) is 5.51. The number of carbonyl (C=O) groups excluding carboxylic acids is 1. The second-order valence-electron chi connectivity index (χ2n) is 4.64. The first-order valence-electron chi connectivity index (χ1n) is 5.51. The number of hydrogen-bond donors (Lipinski definition) is 1. The van der Waals surface area contributed by atoms with Crippen molar-refractivity contribution >= 4 is 5.97 Å². The van der Waals surface area contributed by atoms with Gasteiger partial charge in [0.15, 0.2) is 0 Å². The smallest absolute Gasteiger partial charge is 0.302 e. The minimum atomic E-state index is -0.215. The number of esters is 1. The molecule has 0 aromatic heterocycles. The van der Waals surface area contributed by atoms with Crippen molar-refractivity contribution in [3.05, 3.63) is 0 Å². The molecule has 0 aromatic carbocycles. The fourth-order valence-electron chi connectivity index (χ4n) is 2.35. The lowest BCUT2D eigenvalue weighted by molar-refractivity contribution is -0.145. The normalized spacial score (nSPS) is 19.5. The third-order valence-electron chi connectivity index (χ3n) is 3.09. The standard InChI is InChI=1S/C11H21NO3/c1-10(14)15-8-11(5-3-4-6-11)7-12(2)9-13/h13H,3-9H2,1-2H3. The van der Waals surface area contributed by atoms with Crippen molar-refractivity contribution < 1.29 is 14.6 Å². The molecule has 0 amide bonds. The van der Waals surface area contributed by atoms with Gasteiger partial charge in [0.2, 0.25) is 0 Å². The molecule has 4 heteroatoms. The molecule has 88 valence electrons. The van der Waals surface area contributed by atoms with Gasteiger partial charge in [-0.2, -0.15) is 0 Å². The molecule has 1 fully saturated rings. The van der Waals surface area contributed by atoms with Crippen LogP contribution in [0.5, 0.6) is 0 Å². The van der Waals surface area contributed by atoms with Gasteiger partial charge >= 0.3 is 5.97 Å². The Morgan fingerprint density at radius 1 is 1.47 bits per heavy atom. The molecular formula is C11H21NO3. The second kappa shape index (κ2) is 5.47. The predicted molar refractivity (Wildman–Crippen MR) is 57.2 cm³/mol. The second-order valence-corrected chi connectivity index (χ2v) is 4.64. The Hall–Kier alpha value is -0.610. The van der Waals surface area contributed by atoms with E-state index in [0.29, 0.717) is 6.61 Å². The van der Waals surface area contributed by atoms with E-state index in [1.165, 1.54) is 19.8 Å². The molecule has 0 bridgehead atoms. The number of hydrogen-bond acceptors (Lipinski definition) is 4. The average molecular weight is 215 g/mol. The minimum absolute atomic E-state index is 0.0574. The average Bonchev–Trinajstić information content (AvgIpc) is 2.64. The van der Waals surface area contributed by atoms with Crippen LogP contribution in [0.4, 0.5) is 0 Å². The molecule has 0 unspecified atom stereocenters. The van der Waals surface area contributed by atoms with E-state index in [1.54, 1.807) is 0 Å². The van der Waals surface area contributed by atoms with Gasteiger partial charge in [-0.05, 0) is 19.9 Å². The van der Waals surface area contributed by atoms with Crippen LogP contribution in [0.1, 0.15) is 32.6 Å². The molecule has 0 atom stereocenters. The first kappa shape index (κ1) is 12.5. The summed E-state index contributed by atoms with van der Waals surface area (Å²) in [6.07, 6.45) is 4.57. The zero-order chi connectivity index (χ0) is 11.3. The van der Waals surface area contributed by atoms with Crippen LogP contribution in [0.15, 0.2) is 0 Å². The number of carbonyl (C=O) groups is 1. The number of nitrogens with zero attached hydrogens (tertiary/aromatic N) is 1. The van der Waals surface area contributed by atoms with Gasteiger partial charge in [-0.1, -0.05) is 12.8 Å². The molecular weight excluding hydrogens is 194 g/mol. The SMILES string of the molecule is CC(=O)OCC1(CN(C)CO)CCCC1. The summed E-state index contributed by atoms with van der Waals surface area (Å²) < 4.78 is 5.13. The molecule has 1 saturated carbocycles. The summed E-state index contributed by atoms with van der Waals surface area (Å²) in [5.74, 6) is -0.215. The van der Waals surface area contributed by atoms with Crippen molar-refractivity contribution in [2.24, 2.45) is 5.41 Å². The van der Waals surface area contributed by atoms with Crippen LogP contribution < -0.4 is 0 Å². The van der Waals surface area contributed by atoms with Crippen LogP contribution in [0.2, 0.25) is 0 Å². The van der Waals surface area contributed by atoms with Crippen molar-refractivity contribution in [2.75, 3.05) is 26.9 Å². The summed E-state index contributed by atoms with van der Waals surface area (Å²) in [5.41, 5.74) is 0.0726. The van der Waals surface area contributed by atoms with Crippen molar-refractivity contribution in [3.63, 3.8) is 0 Å². The van der Waals surface area contributed by atoms with Crippen LogP contribution in [-0.2, 0) is 9.53 Å². The van der Waals surface area contributed by atoms with Gasteiger partial charge in [0, 0.05) is 18.9 Å². The number of ether oxygens (including phenoxy) is 1. The Balaban J connectivity index is 2.49. The highest BCUT2D eigenvalue weighted by Crippen LogP contribution is 2.38. The molecule has 0 aromatic rings. The molecule has 15 heavy (non-hydrogen) atoms. The zero-order valence-electron chi connectivity index (χ0n) is 9.66. The largest absolute Gasteiger partial charge is 0.465 e. The first-order chi connectivity index (χ1) is 7.08. The molecule has 0 saturated heterocycles. The van der Waals surface area contributed by atoms with Crippen LogP contribution in [0.3, 0.4) is 0 Å². The molecule has 0 heterocycles. The topological polar surface area (TPSA) is 49.8 Å². The van der Waals surface area contributed by atoms with Gasteiger partial charge in [-0.3, -0.25) is 9.69 Å². The molecule has 0 aliphatic heterocycles. The lowest BCUT2D eigenvalue weighted by Gasteiger charge is -2.32. The molecule has 1 N–H and O–H groups in total.